The van der Waals surface area contributed by atoms with Gasteiger partial charge in [-0.3, -0.25) is 4.98 Å². The third-order valence-corrected chi connectivity index (χ3v) is 2.93. The maximum atomic E-state index is 5.92. The lowest BCUT2D eigenvalue weighted by Gasteiger charge is -2.19. The number of nitrogens with two attached hydrogens (primary N) is 1. The molecule has 0 aliphatic heterocycles. The Balaban J connectivity index is 2.21. The molecule has 0 aliphatic rings. The summed E-state index contributed by atoms with van der Waals surface area (Å²) in [6.07, 6.45) is 3.29. The van der Waals surface area contributed by atoms with Gasteiger partial charge in [0.05, 0.1) is 0 Å². The summed E-state index contributed by atoms with van der Waals surface area (Å²) in [6, 6.07) is 9.36. The van der Waals surface area contributed by atoms with Gasteiger partial charge in [-0.2, -0.15) is 0 Å². The van der Waals surface area contributed by atoms with Gasteiger partial charge in [0.15, 0.2) is 0 Å². The van der Waals surface area contributed by atoms with Gasteiger partial charge in [-0.05, 0) is 48.4 Å². The molecule has 0 bridgehead atoms. The van der Waals surface area contributed by atoms with Crippen molar-refractivity contribution < 1.29 is 4.74 Å². The lowest BCUT2D eigenvalue weighted by Crippen LogP contribution is -2.18. The molecule has 1 unspecified atom stereocenters. The number of aromatic nitrogens is 1. The van der Waals surface area contributed by atoms with Crippen molar-refractivity contribution in [2.24, 2.45) is 5.73 Å². The molecule has 1 aromatic carbocycles. The summed E-state index contributed by atoms with van der Waals surface area (Å²) in [4.78, 5) is 3.98. The molecule has 0 fully saturated rings. The molecule has 2 rings (SSSR count). The molecule has 3 nitrogen and oxygen atoms in total. The average Bonchev–Trinajstić information content (AvgIpc) is 2.39. The Labute approximate surface area is 112 Å². The lowest BCUT2D eigenvalue weighted by atomic mass is 10.1. The molecular weight excluding hydrogens is 248 g/mol. The second-order valence-electron chi connectivity index (χ2n) is 4.03. The van der Waals surface area contributed by atoms with E-state index in [0.29, 0.717) is 11.6 Å². The second-order valence-corrected chi connectivity index (χ2v) is 4.47. The molecule has 1 aromatic heterocycles. The highest BCUT2D eigenvalue weighted by Gasteiger charge is 2.12. The summed E-state index contributed by atoms with van der Waals surface area (Å²) >= 11 is 5.92. The van der Waals surface area contributed by atoms with Crippen LogP contribution in [0.1, 0.15) is 17.2 Å². The largest absolute Gasteiger partial charge is 0.484 e. The highest BCUT2D eigenvalue weighted by Crippen LogP contribution is 2.26. The molecule has 0 aliphatic carbocycles. The van der Waals surface area contributed by atoms with Crippen molar-refractivity contribution in [3.8, 4) is 5.75 Å². The predicted molar refractivity (Wildman–Crippen MR) is 72.8 cm³/mol. The van der Waals surface area contributed by atoms with Crippen LogP contribution in [-0.4, -0.2) is 11.5 Å². The molecule has 2 N–H and O–H groups in total. The third-order valence-electron chi connectivity index (χ3n) is 2.70. The fourth-order valence-corrected chi connectivity index (χ4v) is 1.96. The van der Waals surface area contributed by atoms with E-state index < -0.39 is 0 Å². The lowest BCUT2D eigenvalue weighted by molar-refractivity contribution is 0.212. The Hall–Kier alpha value is -1.58. The fraction of sp³-hybridized carbons (Fsp3) is 0.214. The third kappa shape index (κ3) is 3.00. The fourth-order valence-electron chi connectivity index (χ4n) is 1.73. The molecule has 0 radical (unpaired) electrons. The topological polar surface area (TPSA) is 48.1 Å². The van der Waals surface area contributed by atoms with Crippen LogP contribution in [0.3, 0.4) is 0 Å². The first-order chi connectivity index (χ1) is 8.70. The van der Waals surface area contributed by atoms with Gasteiger partial charge in [0.1, 0.15) is 11.9 Å². The molecule has 0 saturated heterocycles. The number of rotatable bonds is 4. The van der Waals surface area contributed by atoms with Gasteiger partial charge in [-0.1, -0.05) is 11.6 Å². The first-order valence-corrected chi connectivity index (χ1v) is 6.11. The van der Waals surface area contributed by atoms with Gasteiger partial charge < -0.3 is 10.5 Å². The number of ether oxygens (including phenoxy) is 1. The molecule has 1 heterocycles. The highest BCUT2D eigenvalue weighted by atomic mass is 35.5. The van der Waals surface area contributed by atoms with E-state index in [1.807, 2.05) is 37.3 Å². The van der Waals surface area contributed by atoms with Crippen molar-refractivity contribution in [2.45, 2.75) is 13.0 Å². The van der Waals surface area contributed by atoms with E-state index in [4.69, 9.17) is 22.1 Å². The summed E-state index contributed by atoms with van der Waals surface area (Å²) < 4.78 is 5.92. The summed E-state index contributed by atoms with van der Waals surface area (Å²) in [5.74, 6) is 0.798. The van der Waals surface area contributed by atoms with Gasteiger partial charge in [0, 0.05) is 24.0 Å². The summed E-state index contributed by atoms with van der Waals surface area (Å²) in [5, 5.41) is 0.702. The Bertz CT molecular complexity index is 516. The molecule has 0 spiro atoms. The Kier molecular flexibility index (Phi) is 4.18. The minimum atomic E-state index is -0.173. The van der Waals surface area contributed by atoms with Crippen molar-refractivity contribution in [1.29, 1.82) is 0 Å². The van der Waals surface area contributed by atoms with E-state index in [0.717, 1.165) is 16.9 Å². The molecule has 4 heteroatoms. The van der Waals surface area contributed by atoms with E-state index in [-0.39, 0.29) is 6.10 Å². The minimum absolute atomic E-state index is 0.173. The van der Waals surface area contributed by atoms with Gasteiger partial charge >= 0.3 is 0 Å². The van der Waals surface area contributed by atoms with Gasteiger partial charge in [0.2, 0.25) is 0 Å². The smallest absolute Gasteiger partial charge is 0.136 e. The van der Waals surface area contributed by atoms with E-state index in [2.05, 4.69) is 4.98 Å². The number of nitrogens with zero attached hydrogens (tertiary/aromatic N) is 1. The van der Waals surface area contributed by atoms with Crippen molar-refractivity contribution >= 4 is 11.6 Å². The van der Waals surface area contributed by atoms with Crippen LogP contribution < -0.4 is 10.5 Å². The zero-order valence-corrected chi connectivity index (χ0v) is 10.9. The van der Waals surface area contributed by atoms with Gasteiger partial charge in [-0.15, -0.1) is 0 Å². The zero-order chi connectivity index (χ0) is 13.0. The van der Waals surface area contributed by atoms with Crippen molar-refractivity contribution in [3.05, 3.63) is 58.9 Å². The van der Waals surface area contributed by atoms with Crippen LogP contribution in [0, 0.1) is 6.92 Å². The second kappa shape index (κ2) is 5.85. The predicted octanol–water partition coefficient (Wildman–Crippen LogP) is 3.12. The van der Waals surface area contributed by atoms with E-state index in [9.17, 15) is 0 Å². The van der Waals surface area contributed by atoms with Crippen LogP contribution in [-0.2, 0) is 0 Å². The molecular formula is C14H15ClN2O. The Morgan fingerprint density at radius 3 is 2.61 bits per heavy atom. The van der Waals surface area contributed by atoms with E-state index in [1.54, 1.807) is 12.4 Å². The molecule has 0 amide bonds. The monoisotopic (exact) mass is 262 g/mol. The number of pyridine rings is 1. The number of halogens is 1. The van der Waals surface area contributed by atoms with Crippen LogP contribution in [0.25, 0.3) is 0 Å². The zero-order valence-electron chi connectivity index (χ0n) is 10.1. The van der Waals surface area contributed by atoms with Gasteiger partial charge in [0.25, 0.3) is 0 Å². The highest BCUT2D eigenvalue weighted by molar-refractivity contribution is 6.30. The van der Waals surface area contributed by atoms with Crippen molar-refractivity contribution in [3.63, 3.8) is 0 Å². The minimum Gasteiger partial charge on any atom is -0.484 e. The molecule has 0 saturated carbocycles. The SMILES string of the molecule is Cc1cc(Cl)ccc1OC(CN)c1ccncc1. The summed E-state index contributed by atoms with van der Waals surface area (Å²) in [6.45, 7) is 2.37. The van der Waals surface area contributed by atoms with Crippen LogP contribution in [0.2, 0.25) is 5.02 Å². The Morgan fingerprint density at radius 2 is 2.00 bits per heavy atom. The molecule has 1 atom stereocenters. The molecule has 18 heavy (non-hydrogen) atoms. The maximum Gasteiger partial charge on any atom is 0.136 e. The van der Waals surface area contributed by atoms with Crippen LogP contribution in [0.15, 0.2) is 42.7 Å². The normalized spacial score (nSPS) is 12.2. The van der Waals surface area contributed by atoms with E-state index in [1.165, 1.54) is 0 Å². The van der Waals surface area contributed by atoms with Crippen molar-refractivity contribution in [1.82, 2.24) is 4.98 Å². The first-order valence-electron chi connectivity index (χ1n) is 5.73. The number of aryl methyl sites for hydroxylation is 1. The standard InChI is InChI=1S/C14H15ClN2O/c1-10-8-12(15)2-3-13(10)18-14(9-16)11-4-6-17-7-5-11/h2-8,14H,9,16H2,1H3. The summed E-state index contributed by atoms with van der Waals surface area (Å²) in [7, 11) is 0. The van der Waals surface area contributed by atoms with Gasteiger partial charge in [-0.25, -0.2) is 0 Å². The number of hydrogen-bond acceptors (Lipinski definition) is 3. The van der Waals surface area contributed by atoms with Crippen molar-refractivity contribution in [2.75, 3.05) is 6.54 Å². The molecule has 2 aromatic rings. The summed E-state index contributed by atoms with van der Waals surface area (Å²) in [5.41, 5.74) is 7.77. The average molecular weight is 263 g/mol. The first kappa shape index (κ1) is 12.9. The molecule has 94 valence electrons. The van der Waals surface area contributed by atoms with Crippen LogP contribution >= 0.6 is 11.6 Å². The Morgan fingerprint density at radius 1 is 1.28 bits per heavy atom. The quantitative estimate of drug-likeness (QED) is 0.921. The maximum absolute atomic E-state index is 5.92. The van der Waals surface area contributed by atoms with E-state index >= 15 is 0 Å². The number of hydrogen-bond donors (Lipinski definition) is 1. The number of benzene rings is 1. The van der Waals surface area contributed by atoms with Crippen LogP contribution in [0.5, 0.6) is 5.75 Å². The van der Waals surface area contributed by atoms with Crippen LogP contribution in [0.4, 0.5) is 0 Å².